The van der Waals surface area contributed by atoms with Crippen molar-refractivity contribution >= 4 is 6.03 Å². The molecule has 1 aliphatic heterocycles. The number of fused-ring (bicyclic) bond motifs is 1. The van der Waals surface area contributed by atoms with Gasteiger partial charge >= 0.3 is 6.03 Å². The van der Waals surface area contributed by atoms with Crippen molar-refractivity contribution in [2.24, 2.45) is 0 Å². The van der Waals surface area contributed by atoms with Crippen LogP contribution in [0.15, 0.2) is 24.3 Å². The van der Waals surface area contributed by atoms with Crippen molar-refractivity contribution in [2.45, 2.75) is 32.9 Å². The largest absolute Gasteiger partial charge is 0.337 e. The van der Waals surface area contributed by atoms with Crippen molar-refractivity contribution in [2.75, 3.05) is 19.6 Å². The minimum atomic E-state index is -0.0765. The summed E-state index contributed by atoms with van der Waals surface area (Å²) >= 11 is 0. The summed E-state index contributed by atoms with van der Waals surface area (Å²) in [6.07, 6.45) is 1.11. The molecule has 0 aliphatic carbocycles. The van der Waals surface area contributed by atoms with E-state index in [1.165, 1.54) is 11.1 Å². The van der Waals surface area contributed by atoms with E-state index in [2.05, 4.69) is 39.8 Å². The van der Waals surface area contributed by atoms with Crippen LogP contribution in [0.3, 0.4) is 0 Å². The Kier molecular flexibility index (Phi) is 4.80. The molecule has 0 radical (unpaired) electrons. The van der Waals surface area contributed by atoms with Gasteiger partial charge < -0.3 is 10.6 Å². The normalized spacial score (nSPS) is 15.1. The van der Waals surface area contributed by atoms with Crippen molar-refractivity contribution in [3.05, 3.63) is 35.4 Å². The number of hydrogen-bond acceptors (Lipinski definition) is 2. The van der Waals surface area contributed by atoms with Crippen LogP contribution in [0.4, 0.5) is 4.79 Å². The van der Waals surface area contributed by atoms with E-state index in [1.807, 2.05) is 13.8 Å². The van der Waals surface area contributed by atoms with Crippen molar-refractivity contribution < 1.29 is 4.79 Å². The fourth-order valence-electron chi connectivity index (χ4n) is 2.39. The molecule has 1 aliphatic rings. The van der Waals surface area contributed by atoms with Gasteiger partial charge in [-0.05, 0) is 31.4 Å². The summed E-state index contributed by atoms with van der Waals surface area (Å²) in [4.78, 5) is 13.8. The third-order valence-corrected chi connectivity index (χ3v) is 3.34. The molecule has 0 spiro atoms. The maximum atomic E-state index is 11.5. The van der Waals surface area contributed by atoms with E-state index >= 15 is 0 Å². The van der Waals surface area contributed by atoms with Gasteiger partial charge in [0.05, 0.1) is 0 Å². The average molecular weight is 261 g/mol. The van der Waals surface area contributed by atoms with Crippen LogP contribution in [-0.2, 0) is 13.0 Å². The Morgan fingerprint density at radius 1 is 1.32 bits per heavy atom. The summed E-state index contributed by atoms with van der Waals surface area (Å²) in [5, 5.41) is 5.72. The van der Waals surface area contributed by atoms with Crippen molar-refractivity contribution in [3.8, 4) is 0 Å². The van der Waals surface area contributed by atoms with Crippen LogP contribution in [0, 0.1) is 0 Å². The van der Waals surface area contributed by atoms with Gasteiger partial charge in [-0.1, -0.05) is 24.3 Å². The molecule has 19 heavy (non-hydrogen) atoms. The lowest BCUT2D eigenvalue weighted by Gasteiger charge is -2.28. The zero-order valence-corrected chi connectivity index (χ0v) is 11.8. The fraction of sp³-hybridized carbons (Fsp3) is 0.533. The highest BCUT2D eigenvalue weighted by Gasteiger charge is 2.15. The molecule has 0 saturated carbocycles. The number of urea groups is 1. The van der Waals surface area contributed by atoms with Gasteiger partial charge in [0.15, 0.2) is 0 Å². The number of rotatable bonds is 4. The van der Waals surface area contributed by atoms with Gasteiger partial charge in [0.25, 0.3) is 0 Å². The van der Waals surface area contributed by atoms with E-state index in [-0.39, 0.29) is 12.1 Å². The molecule has 2 amide bonds. The monoisotopic (exact) mass is 261 g/mol. The van der Waals surface area contributed by atoms with Gasteiger partial charge in [0.1, 0.15) is 0 Å². The van der Waals surface area contributed by atoms with Gasteiger partial charge in [0.2, 0.25) is 0 Å². The molecule has 0 saturated heterocycles. The van der Waals surface area contributed by atoms with Crippen LogP contribution in [0.1, 0.15) is 25.0 Å². The quantitative estimate of drug-likeness (QED) is 0.867. The maximum absolute atomic E-state index is 11.5. The highest BCUT2D eigenvalue weighted by atomic mass is 16.2. The van der Waals surface area contributed by atoms with Crippen LogP contribution in [0.5, 0.6) is 0 Å². The van der Waals surface area contributed by atoms with E-state index in [4.69, 9.17) is 0 Å². The standard InChI is InChI=1S/C15H23N3O/c1-12(2)17-15(19)16-8-10-18-9-7-13-5-3-4-6-14(13)11-18/h3-6,12H,7-11H2,1-2H3,(H2,16,17,19). The van der Waals surface area contributed by atoms with Gasteiger partial charge in [-0.2, -0.15) is 0 Å². The fourth-order valence-corrected chi connectivity index (χ4v) is 2.39. The zero-order valence-electron chi connectivity index (χ0n) is 11.8. The summed E-state index contributed by atoms with van der Waals surface area (Å²) in [5.74, 6) is 0. The Labute approximate surface area is 115 Å². The molecule has 0 aromatic heterocycles. The molecular formula is C15H23N3O. The lowest BCUT2D eigenvalue weighted by molar-refractivity contribution is 0.229. The second kappa shape index (κ2) is 6.57. The van der Waals surface area contributed by atoms with Crippen molar-refractivity contribution in [1.82, 2.24) is 15.5 Å². The molecule has 104 valence electrons. The summed E-state index contributed by atoms with van der Waals surface area (Å²) in [6.45, 7) is 7.58. The third-order valence-electron chi connectivity index (χ3n) is 3.34. The van der Waals surface area contributed by atoms with Crippen molar-refractivity contribution in [1.29, 1.82) is 0 Å². The highest BCUT2D eigenvalue weighted by molar-refractivity contribution is 5.74. The topological polar surface area (TPSA) is 44.4 Å². The smallest absolute Gasteiger partial charge is 0.315 e. The van der Waals surface area contributed by atoms with Crippen LogP contribution in [0.2, 0.25) is 0 Å². The molecule has 0 atom stereocenters. The number of nitrogens with one attached hydrogen (secondary N) is 2. The van der Waals surface area contributed by atoms with Crippen LogP contribution in [-0.4, -0.2) is 36.6 Å². The lowest BCUT2D eigenvalue weighted by Crippen LogP contribution is -2.43. The number of benzene rings is 1. The van der Waals surface area contributed by atoms with Crippen LogP contribution >= 0.6 is 0 Å². The lowest BCUT2D eigenvalue weighted by atomic mass is 10.00. The molecule has 1 heterocycles. The third kappa shape index (κ3) is 4.24. The number of carbonyl (C=O) groups excluding carboxylic acids is 1. The Morgan fingerprint density at radius 3 is 2.79 bits per heavy atom. The Bertz CT molecular complexity index is 431. The Balaban J connectivity index is 1.73. The summed E-state index contributed by atoms with van der Waals surface area (Å²) in [6, 6.07) is 8.71. The summed E-state index contributed by atoms with van der Waals surface area (Å²) in [5.41, 5.74) is 2.88. The second-order valence-electron chi connectivity index (χ2n) is 5.35. The average Bonchev–Trinajstić information content (AvgIpc) is 2.37. The van der Waals surface area contributed by atoms with E-state index < -0.39 is 0 Å². The van der Waals surface area contributed by atoms with Crippen LogP contribution < -0.4 is 10.6 Å². The van der Waals surface area contributed by atoms with E-state index in [1.54, 1.807) is 0 Å². The molecule has 4 heteroatoms. The van der Waals surface area contributed by atoms with Crippen molar-refractivity contribution in [3.63, 3.8) is 0 Å². The molecule has 4 nitrogen and oxygen atoms in total. The number of hydrogen-bond donors (Lipinski definition) is 2. The first-order valence-corrected chi connectivity index (χ1v) is 6.98. The molecule has 0 unspecified atom stereocenters. The minimum Gasteiger partial charge on any atom is -0.337 e. The van der Waals surface area contributed by atoms with E-state index in [9.17, 15) is 4.79 Å². The zero-order chi connectivity index (χ0) is 13.7. The molecule has 0 bridgehead atoms. The molecular weight excluding hydrogens is 238 g/mol. The predicted octanol–water partition coefficient (Wildman–Crippen LogP) is 1.75. The highest BCUT2D eigenvalue weighted by Crippen LogP contribution is 2.17. The first-order chi connectivity index (χ1) is 9.15. The van der Waals surface area contributed by atoms with Gasteiger partial charge in [-0.15, -0.1) is 0 Å². The summed E-state index contributed by atoms with van der Waals surface area (Å²) < 4.78 is 0. The Hall–Kier alpha value is -1.55. The first-order valence-electron chi connectivity index (χ1n) is 6.98. The van der Waals surface area contributed by atoms with Crippen LogP contribution in [0.25, 0.3) is 0 Å². The minimum absolute atomic E-state index is 0.0765. The van der Waals surface area contributed by atoms with E-state index in [0.29, 0.717) is 6.54 Å². The van der Waals surface area contributed by atoms with Gasteiger partial charge in [0, 0.05) is 32.2 Å². The molecule has 2 N–H and O–H groups in total. The summed E-state index contributed by atoms with van der Waals surface area (Å²) in [7, 11) is 0. The number of carbonyl (C=O) groups is 1. The maximum Gasteiger partial charge on any atom is 0.315 e. The Morgan fingerprint density at radius 2 is 2.05 bits per heavy atom. The SMILES string of the molecule is CC(C)NC(=O)NCCN1CCc2ccccc2C1. The molecule has 0 fully saturated rings. The molecule has 1 aromatic carbocycles. The first kappa shape index (κ1) is 13.9. The molecule has 2 rings (SSSR count). The van der Waals surface area contributed by atoms with Gasteiger partial charge in [-0.3, -0.25) is 4.90 Å². The van der Waals surface area contributed by atoms with E-state index in [0.717, 1.165) is 26.1 Å². The number of nitrogens with zero attached hydrogens (tertiary/aromatic N) is 1. The van der Waals surface area contributed by atoms with Gasteiger partial charge in [-0.25, -0.2) is 4.79 Å². The predicted molar refractivity (Wildman–Crippen MR) is 77.1 cm³/mol. The second-order valence-corrected chi connectivity index (χ2v) is 5.35. The molecule has 1 aromatic rings. The number of amides is 2.